The van der Waals surface area contributed by atoms with Gasteiger partial charge in [0.1, 0.15) is 0 Å². The predicted octanol–water partition coefficient (Wildman–Crippen LogP) is 10.3. The highest BCUT2D eigenvalue weighted by molar-refractivity contribution is 7.19. The molecule has 0 aromatic heterocycles. The van der Waals surface area contributed by atoms with Crippen LogP contribution in [0.4, 0.5) is 0 Å². The highest BCUT2D eigenvalue weighted by Crippen LogP contribution is 2.39. The van der Waals surface area contributed by atoms with Crippen LogP contribution in [-0.4, -0.2) is 15.5 Å². The summed E-state index contributed by atoms with van der Waals surface area (Å²) in [6.45, 7) is 11.8. The second kappa shape index (κ2) is 17.7. The summed E-state index contributed by atoms with van der Waals surface area (Å²) in [5.74, 6) is 0. The Morgan fingerprint density at radius 1 is 0.367 bits per heavy atom. The Morgan fingerprint density at radius 3 is 0.867 bits per heavy atom. The maximum atomic E-state index is 3.27. The largest absolute Gasteiger partial charge is 0.131 e. The molecule has 3 atom stereocenters. The molecule has 0 amide bonds. The Labute approximate surface area is 199 Å². The smallest absolute Gasteiger partial charge is 0.0150 e. The van der Waals surface area contributed by atoms with Crippen LogP contribution < -0.4 is 0 Å². The van der Waals surface area contributed by atoms with Crippen LogP contribution in [0.5, 0.6) is 0 Å². The van der Waals surface area contributed by atoms with E-state index < -0.39 is 0 Å². The SMILES string of the molecule is CCCC(P)(CCC)CCCCCC(P)(CC)CCCCCC(P)(CCC)CCC. The monoisotopic (exact) mass is 476 g/mol. The molecule has 0 aromatic carbocycles. The standard InChI is InChI=1S/C27H59P3/c1-6-17-26(29,18-7-2)23-15-11-13-21-25(28,10-5)22-14-12-16-24-27(30,19-8-3)20-9-4/h6-24,28-30H2,1-5H3. The van der Waals surface area contributed by atoms with Crippen molar-refractivity contribution in [2.24, 2.45) is 0 Å². The third-order valence-electron chi connectivity index (χ3n) is 7.39. The van der Waals surface area contributed by atoms with Crippen molar-refractivity contribution in [1.29, 1.82) is 0 Å². The van der Waals surface area contributed by atoms with Crippen LogP contribution in [0.3, 0.4) is 0 Å². The van der Waals surface area contributed by atoms with Crippen molar-refractivity contribution in [3.05, 3.63) is 0 Å². The zero-order valence-electron chi connectivity index (χ0n) is 21.7. The Bertz CT molecular complexity index is 350. The average molecular weight is 477 g/mol. The molecule has 0 bridgehead atoms. The Morgan fingerprint density at radius 2 is 0.633 bits per heavy atom. The van der Waals surface area contributed by atoms with Gasteiger partial charge in [0.05, 0.1) is 0 Å². The van der Waals surface area contributed by atoms with Gasteiger partial charge in [-0.05, 0) is 73.3 Å². The fourth-order valence-corrected chi connectivity index (χ4v) is 7.45. The summed E-state index contributed by atoms with van der Waals surface area (Å²) in [4.78, 5) is 0. The van der Waals surface area contributed by atoms with Crippen molar-refractivity contribution >= 4 is 27.7 Å². The predicted molar refractivity (Wildman–Crippen MR) is 153 cm³/mol. The molecule has 0 fully saturated rings. The molecule has 0 saturated heterocycles. The topological polar surface area (TPSA) is 0 Å². The van der Waals surface area contributed by atoms with Gasteiger partial charge in [-0.25, -0.2) is 0 Å². The van der Waals surface area contributed by atoms with Gasteiger partial charge in [0, 0.05) is 0 Å². The summed E-state index contributed by atoms with van der Waals surface area (Å²) in [7, 11) is 9.73. The van der Waals surface area contributed by atoms with E-state index in [2.05, 4.69) is 62.3 Å². The zero-order valence-corrected chi connectivity index (χ0v) is 25.1. The highest BCUT2D eigenvalue weighted by Gasteiger charge is 2.24. The quantitative estimate of drug-likeness (QED) is 0.114. The second-order valence-electron chi connectivity index (χ2n) is 10.6. The molecule has 0 aliphatic heterocycles. The van der Waals surface area contributed by atoms with Crippen LogP contribution in [0.15, 0.2) is 0 Å². The maximum absolute atomic E-state index is 3.27. The first-order valence-corrected chi connectivity index (χ1v) is 15.3. The third kappa shape index (κ3) is 14.4. The summed E-state index contributed by atoms with van der Waals surface area (Å²) in [5, 5.41) is 1.54. The molecule has 0 heterocycles. The lowest BCUT2D eigenvalue weighted by atomic mass is 9.87. The molecular formula is C27H59P3. The average Bonchev–Trinajstić information content (AvgIpc) is 2.68. The lowest BCUT2D eigenvalue weighted by molar-refractivity contribution is 0.399. The summed E-state index contributed by atoms with van der Waals surface area (Å²) >= 11 is 0. The van der Waals surface area contributed by atoms with Gasteiger partial charge in [0.25, 0.3) is 0 Å². The first-order valence-electron chi connectivity index (χ1n) is 13.6. The summed E-state index contributed by atoms with van der Waals surface area (Å²) in [6, 6.07) is 0. The fraction of sp³-hybridized carbons (Fsp3) is 1.00. The molecule has 0 nitrogen and oxygen atoms in total. The van der Waals surface area contributed by atoms with Gasteiger partial charge < -0.3 is 0 Å². The van der Waals surface area contributed by atoms with Crippen LogP contribution in [0.1, 0.15) is 157 Å². The van der Waals surface area contributed by atoms with E-state index in [1.807, 2.05) is 0 Å². The van der Waals surface area contributed by atoms with E-state index in [1.54, 1.807) is 0 Å². The zero-order chi connectivity index (χ0) is 22.9. The Balaban J connectivity index is 4.15. The molecule has 3 heteroatoms. The highest BCUT2D eigenvalue weighted by atomic mass is 31.0. The summed E-state index contributed by atoms with van der Waals surface area (Å²) in [6.07, 6.45) is 26.2. The number of hydrogen-bond donors (Lipinski definition) is 0. The molecule has 0 spiro atoms. The van der Waals surface area contributed by atoms with Crippen molar-refractivity contribution in [3.8, 4) is 0 Å². The van der Waals surface area contributed by atoms with E-state index in [0.717, 1.165) is 0 Å². The first kappa shape index (κ1) is 31.3. The number of hydrogen-bond acceptors (Lipinski definition) is 0. The van der Waals surface area contributed by atoms with Crippen LogP contribution in [0, 0.1) is 0 Å². The lowest BCUT2D eigenvalue weighted by Gasteiger charge is -2.31. The molecule has 3 unspecified atom stereocenters. The second-order valence-corrected chi connectivity index (χ2v) is 14.2. The van der Waals surface area contributed by atoms with E-state index >= 15 is 0 Å². The van der Waals surface area contributed by atoms with Crippen molar-refractivity contribution in [2.75, 3.05) is 0 Å². The fourth-order valence-electron chi connectivity index (χ4n) is 5.48. The van der Waals surface area contributed by atoms with E-state index in [-0.39, 0.29) is 0 Å². The van der Waals surface area contributed by atoms with Crippen molar-refractivity contribution in [3.63, 3.8) is 0 Å². The van der Waals surface area contributed by atoms with Gasteiger partial charge in [-0.3, -0.25) is 0 Å². The molecule has 182 valence electrons. The normalized spacial score (nSPS) is 13.2. The number of rotatable bonds is 21. The Kier molecular flexibility index (Phi) is 18.5. The molecule has 0 radical (unpaired) electrons. The van der Waals surface area contributed by atoms with Crippen molar-refractivity contribution < 1.29 is 0 Å². The molecule has 0 N–H and O–H groups in total. The molecular weight excluding hydrogens is 417 g/mol. The van der Waals surface area contributed by atoms with E-state index in [4.69, 9.17) is 0 Å². The Hall–Kier alpha value is 1.29. The van der Waals surface area contributed by atoms with Gasteiger partial charge in [-0.2, -0.15) is 0 Å². The van der Waals surface area contributed by atoms with Gasteiger partial charge in [-0.15, -0.1) is 27.7 Å². The van der Waals surface area contributed by atoms with Gasteiger partial charge >= 0.3 is 0 Å². The maximum Gasteiger partial charge on any atom is -0.0150 e. The minimum atomic E-state index is 0.496. The van der Waals surface area contributed by atoms with Crippen molar-refractivity contribution in [2.45, 2.75) is 172 Å². The van der Waals surface area contributed by atoms with Gasteiger partial charge in [-0.1, -0.05) is 98.8 Å². The molecule has 30 heavy (non-hydrogen) atoms. The lowest BCUT2D eigenvalue weighted by Crippen LogP contribution is -2.21. The van der Waals surface area contributed by atoms with Crippen LogP contribution in [-0.2, 0) is 0 Å². The summed E-state index contributed by atoms with van der Waals surface area (Å²) < 4.78 is 0. The molecule has 0 aromatic rings. The minimum Gasteiger partial charge on any atom is -0.131 e. The van der Waals surface area contributed by atoms with Crippen LogP contribution >= 0.6 is 27.7 Å². The van der Waals surface area contributed by atoms with E-state index in [9.17, 15) is 0 Å². The van der Waals surface area contributed by atoms with E-state index in [0.29, 0.717) is 15.5 Å². The molecule has 0 rings (SSSR count). The van der Waals surface area contributed by atoms with E-state index in [1.165, 1.54) is 122 Å². The van der Waals surface area contributed by atoms with Crippen molar-refractivity contribution in [1.82, 2.24) is 0 Å². The minimum absolute atomic E-state index is 0.496. The van der Waals surface area contributed by atoms with Crippen LogP contribution in [0.2, 0.25) is 0 Å². The molecule has 0 aliphatic carbocycles. The van der Waals surface area contributed by atoms with Crippen LogP contribution in [0.25, 0.3) is 0 Å². The summed E-state index contributed by atoms with van der Waals surface area (Å²) in [5.41, 5.74) is 0. The van der Waals surface area contributed by atoms with Gasteiger partial charge in [0.15, 0.2) is 0 Å². The molecule has 0 saturated carbocycles. The first-order chi connectivity index (χ1) is 14.2. The number of unbranched alkanes of at least 4 members (excludes halogenated alkanes) is 4. The van der Waals surface area contributed by atoms with Gasteiger partial charge in [0.2, 0.25) is 0 Å². The third-order valence-corrected chi connectivity index (χ3v) is 10.1. The molecule has 0 aliphatic rings.